The molecule has 2 aromatic rings. The fourth-order valence-corrected chi connectivity index (χ4v) is 3.62. The van der Waals surface area contributed by atoms with Crippen molar-refractivity contribution < 1.29 is 9.90 Å². The Morgan fingerprint density at radius 3 is 2.95 bits per heavy atom. The molecule has 0 aliphatic carbocycles. The second kappa shape index (κ2) is 4.43. The summed E-state index contributed by atoms with van der Waals surface area (Å²) in [7, 11) is 0. The number of carbonyl (C=O) groups excluding carboxylic acids is 1. The number of nitrogen functional groups attached to an aromatic ring is 1. The van der Waals surface area contributed by atoms with Gasteiger partial charge >= 0.3 is 0 Å². The molecule has 6 heteroatoms. The Morgan fingerprint density at radius 2 is 2.30 bits per heavy atom. The van der Waals surface area contributed by atoms with Gasteiger partial charge in [-0.25, -0.2) is 4.98 Å². The molecule has 0 bridgehead atoms. The summed E-state index contributed by atoms with van der Waals surface area (Å²) < 4.78 is 0. The number of nitrogens with zero attached hydrogens (tertiary/aromatic N) is 2. The van der Waals surface area contributed by atoms with Crippen LogP contribution >= 0.6 is 11.3 Å². The Balaban J connectivity index is 1.98. The van der Waals surface area contributed by atoms with Crippen LogP contribution in [0.5, 0.6) is 0 Å². The normalized spacial score (nSPS) is 22.6. The minimum atomic E-state index is -0.796. The van der Waals surface area contributed by atoms with E-state index >= 15 is 0 Å². The van der Waals surface area contributed by atoms with Crippen LogP contribution in [-0.4, -0.2) is 39.6 Å². The first-order valence-electron chi connectivity index (χ1n) is 6.55. The van der Waals surface area contributed by atoms with Gasteiger partial charge in [-0.3, -0.25) is 4.79 Å². The van der Waals surface area contributed by atoms with Crippen LogP contribution in [0.1, 0.15) is 28.7 Å². The van der Waals surface area contributed by atoms with Gasteiger partial charge in [0.15, 0.2) is 0 Å². The second-order valence-electron chi connectivity index (χ2n) is 5.62. The van der Waals surface area contributed by atoms with Crippen molar-refractivity contribution in [2.45, 2.75) is 25.9 Å². The number of aryl methyl sites for hydroxylation is 1. The molecule has 106 valence electrons. The van der Waals surface area contributed by atoms with Gasteiger partial charge in [-0.2, -0.15) is 0 Å². The van der Waals surface area contributed by atoms with Crippen LogP contribution in [0, 0.1) is 6.92 Å². The highest BCUT2D eigenvalue weighted by Gasteiger charge is 2.35. The summed E-state index contributed by atoms with van der Waals surface area (Å²) in [5, 5.41) is 10.8. The molecular weight excluding hydrogens is 274 g/mol. The minimum absolute atomic E-state index is 0.110. The molecular formula is C14H17N3O2S. The first-order valence-corrected chi connectivity index (χ1v) is 7.36. The van der Waals surface area contributed by atoms with Crippen molar-refractivity contribution in [1.82, 2.24) is 9.88 Å². The van der Waals surface area contributed by atoms with Crippen molar-refractivity contribution >= 4 is 33.1 Å². The Labute approximate surface area is 121 Å². The van der Waals surface area contributed by atoms with E-state index in [4.69, 9.17) is 5.73 Å². The number of anilines is 1. The van der Waals surface area contributed by atoms with E-state index < -0.39 is 5.60 Å². The maximum atomic E-state index is 12.5. The summed E-state index contributed by atoms with van der Waals surface area (Å²) in [6.07, 6.45) is 0.598. The fourth-order valence-electron chi connectivity index (χ4n) is 2.51. The Kier molecular flexibility index (Phi) is 2.95. The molecule has 5 nitrogen and oxygen atoms in total. The number of fused-ring (bicyclic) bond motifs is 1. The predicted octanol–water partition coefficient (Wildman–Crippen LogP) is 1.78. The number of aliphatic hydroxyl groups is 1. The molecule has 0 saturated carbocycles. The maximum absolute atomic E-state index is 12.5. The van der Waals surface area contributed by atoms with Gasteiger partial charge in [-0.1, -0.05) is 0 Å². The number of β-amino-alcohol motifs (C(OH)–C–C–N with tert-alkyl or cyclic N) is 1. The molecule has 0 aromatic carbocycles. The number of rotatable bonds is 1. The second-order valence-corrected chi connectivity index (χ2v) is 6.62. The summed E-state index contributed by atoms with van der Waals surface area (Å²) in [5.74, 6) is -0.110. The fraction of sp³-hybridized carbons (Fsp3) is 0.429. The van der Waals surface area contributed by atoms with Crippen LogP contribution in [-0.2, 0) is 0 Å². The van der Waals surface area contributed by atoms with E-state index in [1.807, 2.05) is 19.1 Å². The van der Waals surface area contributed by atoms with E-state index in [2.05, 4.69) is 4.98 Å². The third kappa shape index (κ3) is 2.14. The van der Waals surface area contributed by atoms with Crippen molar-refractivity contribution in [3.05, 3.63) is 22.7 Å². The third-order valence-electron chi connectivity index (χ3n) is 3.67. The molecule has 3 N–H and O–H groups in total. The molecule has 0 radical (unpaired) electrons. The quantitative estimate of drug-likeness (QED) is 0.839. The number of thiophene rings is 1. The molecule has 0 spiro atoms. The number of amides is 1. The van der Waals surface area contributed by atoms with E-state index in [-0.39, 0.29) is 5.91 Å². The number of hydrogen-bond acceptors (Lipinski definition) is 5. The molecule has 2 aromatic heterocycles. The average molecular weight is 291 g/mol. The predicted molar refractivity (Wildman–Crippen MR) is 79.9 cm³/mol. The van der Waals surface area contributed by atoms with E-state index in [9.17, 15) is 9.90 Å². The van der Waals surface area contributed by atoms with E-state index in [0.29, 0.717) is 30.1 Å². The maximum Gasteiger partial charge on any atom is 0.266 e. The van der Waals surface area contributed by atoms with Crippen LogP contribution in [0.2, 0.25) is 0 Å². The summed E-state index contributed by atoms with van der Waals surface area (Å²) >= 11 is 1.32. The van der Waals surface area contributed by atoms with Gasteiger partial charge in [-0.05, 0) is 32.4 Å². The number of aromatic nitrogens is 1. The van der Waals surface area contributed by atoms with Crippen LogP contribution in [0.4, 0.5) is 5.69 Å². The summed E-state index contributed by atoms with van der Waals surface area (Å²) in [6, 6.07) is 3.79. The molecule has 1 saturated heterocycles. The van der Waals surface area contributed by atoms with Gasteiger partial charge in [0, 0.05) is 24.2 Å². The topological polar surface area (TPSA) is 79.5 Å². The molecule has 1 atom stereocenters. The van der Waals surface area contributed by atoms with Gasteiger partial charge in [0.1, 0.15) is 9.71 Å². The average Bonchev–Trinajstić information content (AvgIpc) is 2.89. The van der Waals surface area contributed by atoms with Gasteiger partial charge in [-0.15, -0.1) is 11.3 Å². The van der Waals surface area contributed by atoms with Crippen molar-refractivity contribution in [3.63, 3.8) is 0 Å². The van der Waals surface area contributed by atoms with Gasteiger partial charge in [0.2, 0.25) is 0 Å². The number of nitrogens with two attached hydrogens (primary N) is 1. The molecule has 1 amide bonds. The summed E-state index contributed by atoms with van der Waals surface area (Å²) in [5.41, 5.74) is 6.69. The number of carbonyl (C=O) groups is 1. The molecule has 1 aliphatic heterocycles. The zero-order valence-electron chi connectivity index (χ0n) is 11.5. The molecule has 3 heterocycles. The Morgan fingerprint density at radius 1 is 1.55 bits per heavy atom. The van der Waals surface area contributed by atoms with E-state index in [0.717, 1.165) is 15.9 Å². The SMILES string of the molecule is Cc1ccc2c(N)c(C(=O)N3CCC(C)(O)C3)sc2n1. The lowest BCUT2D eigenvalue weighted by molar-refractivity contribution is 0.0575. The Hall–Kier alpha value is -1.66. The number of likely N-dealkylation sites (tertiary alicyclic amines) is 1. The van der Waals surface area contributed by atoms with Crippen molar-refractivity contribution in [1.29, 1.82) is 0 Å². The number of hydrogen-bond donors (Lipinski definition) is 2. The zero-order valence-corrected chi connectivity index (χ0v) is 12.3. The van der Waals surface area contributed by atoms with Crippen LogP contribution in [0.15, 0.2) is 12.1 Å². The van der Waals surface area contributed by atoms with E-state index in [1.54, 1.807) is 11.8 Å². The lowest BCUT2D eigenvalue weighted by Crippen LogP contribution is -2.33. The first-order chi connectivity index (χ1) is 9.37. The highest BCUT2D eigenvalue weighted by molar-refractivity contribution is 7.21. The van der Waals surface area contributed by atoms with Crippen molar-refractivity contribution in [3.8, 4) is 0 Å². The molecule has 1 aliphatic rings. The lowest BCUT2D eigenvalue weighted by atomic mass is 10.1. The Bertz CT molecular complexity index is 693. The number of pyridine rings is 1. The monoisotopic (exact) mass is 291 g/mol. The van der Waals surface area contributed by atoms with E-state index in [1.165, 1.54) is 11.3 Å². The standard InChI is InChI=1S/C14H17N3O2S/c1-8-3-4-9-10(15)11(20-12(9)16-8)13(18)17-6-5-14(2,19)7-17/h3-4,19H,5-7,15H2,1-2H3. The highest BCUT2D eigenvalue weighted by atomic mass is 32.1. The molecule has 1 unspecified atom stereocenters. The molecule has 3 rings (SSSR count). The van der Waals surface area contributed by atoms with Crippen molar-refractivity contribution in [2.75, 3.05) is 18.8 Å². The van der Waals surface area contributed by atoms with Gasteiger partial charge in [0.25, 0.3) is 5.91 Å². The van der Waals surface area contributed by atoms with Gasteiger partial charge in [0.05, 0.1) is 11.3 Å². The minimum Gasteiger partial charge on any atom is -0.397 e. The van der Waals surface area contributed by atoms with Crippen molar-refractivity contribution in [2.24, 2.45) is 0 Å². The molecule has 20 heavy (non-hydrogen) atoms. The highest BCUT2D eigenvalue weighted by Crippen LogP contribution is 2.34. The van der Waals surface area contributed by atoms with Crippen LogP contribution < -0.4 is 5.73 Å². The summed E-state index contributed by atoms with van der Waals surface area (Å²) in [4.78, 5) is 19.9. The third-order valence-corrected chi connectivity index (χ3v) is 4.77. The lowest BCUT2D eigenvalue weighted by Gasteiger charge is -2.18. The summed E-state index contributed by atoms with van der Waals surface area (Å²) in [6.45, 7) is 4.58. The largest absolute Gasteiger partial charge is 0.397 e. The zero-order chi connectivity index (χ0) is 14.5. The van der Waals surface area contributed by atoms with Gasteiger partial charge < -0.3 is 15.7 Å². The first kappa shape index (κ1) is 13.3. The molecule has 1 fully saturated rings. The van der Waals surface area contributed by atoms with Crippen LogP contribution in [0.3, 0.4) is 0 Å². The smallest absolute Gasteiger partial charge is 0.266 e. The van der Waals surface area contributed by atoms with Crippen LogP contribution in [0.25, 0.3) is 10.2 Å².